The van der Waals surface area contributed by atoms with Gasteiger partial charge in [-0.3, -0.25) is 9.48 Å². The van der Waals surface area contributed by atoms with Crippen LogP contribution in [0.1, 0.15) is 31.7 Å². The first-order chi connectivity index (χ1) is 7.45. The van der Waals surface area contributed by atoms with E-state index < -0.39 is 0 Å². The van der Waals surface area contributed by atoms with Crippen molar-refractivity contribution < 1.29 is 4.79 Å². The van der Waals surface area contributed by atoms with E-state index in [1.807, 2.05) is 27.7 Å². The third-order valence-corrected chi connectivity index (χ3v) is 3.75. The zero-order valence-corrected chi connectivity index (χ0v) is 11.8. The number of aryl methyl sites for hydroxylation is 1. The molecule has 4 nitrogen and oxygen atoms in total. The van der Waals surface area contributed by atoms with Gasteiger partial charge in [-0.05, 0) is 43.1 Å². The first-order valence-corrected chi connectivity index (χ1v) is 6.23. The molecule has 1 N–H and O–H groups in total. The first kappa shape index (κ1) is 13.2. The van der Waals surface area contributed by atoms with Crippen LogP contribution in [0.15, 0.2) is 4.47 Å². The van der Waals surface area contributed by atoms with E-state index in [2.05, 4.69) is 26.3 Å². The van der Waals surface area contributed by atoms with Gasteiger partial charge in [-0.1, -0.05) is 6.92 Å². The number of nitrogens with one attached hydrogen (secondary N) is 1. The quantitative estimate of drug-likeness (QED) is 0.923. The summed E-state index contributed by atoms with van der Waals surface area (Å²) in [6.07, 6.45) is 0.937. The standard InChI is InChI=1S/C11H18BrN3O/c1-5-7(2)13-10(16)6-15-9(4)11(12)8(3)14-15/h7H,5-6H2,1-4H3,(H,13,16). The highest BCUT2D eigenvalue weighted by Gasteiger charge is 2.12. The summed E-state index contributed by atoms with van der Waals surface area (Å²) in [7, 11) is 0. The van der Waals surface area contributed by atoms with Crippen molar-refractivity contribution >= 4 is 21.8 Å². The van der Waals surface area contributed by atoms with Crippen LogP contribution in [0, 0.1) is 13.8 Å². The molecule has 1 amide bonds. The molecule has 0 radical (unpaired) electrons. The molecule has 1 rings (SSSR count). The lowest BCUT2D eigenvalue weighted by molar-refractivity contribution is -0.122. The number of nitrogens with zero attached hydrogens (tertiary/aromatic N) is 2. The Hall–Kier alpha value is -0.840. The van der Waals surface area contributed by atoms with E-state index in [9.17, 15) is 4.79 Å². The molecule has 0 aliphatic rings. The van der Waals surface area contributed by atoms with Gasteiger partial charge in [0, 0.05) is 6.04 Å². The zero-order valence-electron chi connectivity index (χ0n) is 10.2. The Morgan fingerprint density at radius 3 is 2.62 bits per heavy atom. The van der Waals surface area contributed by atoms with Crippen LogP contribution >= 0.6 is 15.9 Å². The van der Waals surface area contributed by atoms with Crippen LogP contribution in [0.25, 0.3) is 0 Å². The molecule has 0 fully saturated rings. The topological polar surface area (TPSA) is 46.9 Å². The molecule has 0 saturated heterocycles. The van der Waals surface area contributed by atoms with Gasteiger partial charge in [-0.2, -0.15) is 5.10 Å². The maximum Gasteiger partial charge on any atom is 0.241 e. The van der Waals surface area contributed by atoms with Crippen LogP contribution in [0.4, 0.5) is 0 Å². The van der Waals surface area contributed by atoms with E-state index in [1.54, 1.807) is 4.68 Å². The van der Waals surface area contributed by atoms with Gasteiger partial charge in [0.15, 0.2) is 0 Å². The van der Waals surface area contributed by atoms with Gasteiger partial charge in [-0.15, -0.1) is 0 Å². The number of aromatic nitrogens is 2. The second-order valence-electron chi connectivity index (χ2n) is 4.02. The van der Waals surface area contributed by atoms with Crippen LogP contribution in [-0.4, -0.2) is 21.7 Å². The first-order valence-electron chi connectivity index (χ1n) is 5.44. The second-order valence-corrected chi connectivity index (χ2v) is 4.81. The average Bonchev–Trinajstić information content (AvgIpc) is 2.46. The van der Waals surface area contributed by atoms with Crippen molar-refractivity contribution in [3.05, 3.63) is 15.9 Å². The van der Waals surface area contributed by atoms with E-state index in [1.165, 1.54) is 0 Å². The van der Waals surface area contributed by atoms with Crippen molar-refractivity contribution in [2.24, 2.45) is 0 Å². The highest BCUT2D eigenvalue weighted by molar-refractivity contribution is 9.10. The minimum absolute atomic E-state index is 0.00690. The smallest absolute Gasteiger partial charge is 0.241 e. The van der Waals surface area contributed by atoms with Crippen molar-refractivity contribution in [3.8, 4) is 0 Å². The summed E-state index contributed by atoms with van der Waals surface area (Å²) in [6, 6.07) is 0.216. The van der Waals surface area contributed by atoms with Gasteiger partial charge < -0.3 is 5.32 Å². The van der Waals surface area contributed by atoms with Gasteiger partial charge >= 0.3 is 0 Å². The Morgan fingerprint density at radius 2 is 2.19 bits per heavy atom. The Balaban J connectivity index is 2.66. The number of hydrogen-bond donors (Lipinski definition) is 1. The van der Waals surface area contributed by atoms with Gasteiger partial charge in [0.05, 0.1) is 15.9 Å². The second kappa shape index (κ2) is 5.48. The molecule has 0 bridgehead atoms. The van der Waals surface area contributed by atoms with Gasteiger partial charge in [0.1, 0.15) is 6.54 Å². The van der Waals surface area contributed by atoms with E-state index in [-0.39, 0.29) is 18.5 Å². The maximum absolute atomic E-state index is 11.7. The number of hydrogen-bond acceptors (Lipinski definition) is 2. The van der Waals surface area contributed by atoms with Gasteiger partial charge in [-0.25, -0.2) is 0 Å². The summed E-state index contributed by atoms with van der Waals surface area (Å²) in [4.78, 5) is 11.7. The van der Waals surface area contributed by atoms with Crippen LogP contribution in [0.2, 0.25) is 0 Å². The van der Waals surface area contributed by atoms with E-state index in [0.717, 1.165) is 22.3 Å². The molecule has 0 saturated carbocycles. The van der Waals surface area contributed by atoms with Crippen molar-refractivity contribution in [2.75, 3.05) is 0 Å². The fraction of sp³-hybridized carbons (Fsp3) is 0.636. The number of amides is 1. The molecule has 1 aromatic heterocycles. The fourth-order valence-corrected chi connectivity index (χ4v) is 1.67. The summed E-state index contributed by atoms with van der Waals surface area (Å²) in [5, 5.41) is 7.21. The summed E-state index contributed by atoms with van der Waals surface area (Å²) >= 11 is 3.44. The Bertz CT molecular complexity index is 387. The molecular formula is C11H18BrN3O. The SMILES string of the molecule is CCC(C)NC(=O)Cn1nc(C)c(Br)c1C. The predicted molar refractivity (Wildman–Crippen MR) is 67.3 cm³/mol. The average molecular weight is 288 g/mol. The normalized spacial score (nSPS) is 12.6. The molecular weight excluding hydrogens is 270 g/mol. The van der Waals surface area contributed by atoms with Crippen LogP contribution in [0.3, 0.4) is 0 Å². The number of rotatable bonds is 4. The van der Waals surface area contributed by atoms with E-state index >= 15 is 0 Å². The molecule has 16 heavy (non-hydrogen) atoms. The predicted octanol–water partition coefficient (Wildman–Crippen LogP) is 2.18. The minimum Gasteiger partial charge on any atom is -0.352 e. The molecule has 90 valence electrons. The lowest BCUT2D eigenvalue weighted by Crippen LogP contribution is -2.35. The highest BCUT2D eigenvalue weighted by atomic mass is 79.9. The lowest BCUT2D eigenvalue weighted by Gasteiger charge is -2.11. The number of carbonyl (C=O) groups excluding carboxylic acids is 1. The lowest BCUT2D eigenvalue weighted by atomic mass is 10.2. The molecule has 1 heterocycles. The maximum atomic E-state index is 11.7. The van der Waals surface area contributed by atoms with Gasteiger partial charge in [0.25, 0.3) is 0 Å². The summed E-state index contributed by atoms with van der Waals surface area (Å²) < 4.78 is 2.70. The summed E-state index contributed by atoms with van der Waals surface area (Å²) in [6.45, 7) is 8.18. The van der Waals surface area contributed by atoms with E-state index in [0.29, 0.717) is 0 Å². The Kier molecular flexibility index (Phi) is 4.53. The molecule has 1 aromatic rings. The summed E-state index contributed by atoms with van der Waals surface area (Å²) in [5.74, 6) is 0.00690. The van der Waals surface area contributed by atoms with Gasteiger partial charge in [0.2, 0.25) is 5.91 Å². The third kappa shape index (κ3) is 3.07. The van der Waals surface area contributed by atoms with Crippen molar-refractivity contribution in [1.29, 1.82) is 0 Å². The Labute approximate surface area is 105 Å². The Morgan fingerprint density at radius 1 is 1.56 bits per heavy atom. The highest BCUT2D eigenvalue weighted by Crippen LogP contribution is 2.19. The zero-order chi connectivity index (χ0) is 12.3. The van der Waals surface area contributed by atoms with Crippen molar-refractivity contribution in [3.63, 3.8) is 0 Å². The van der Waals surface area contributed by atoms with Crippen molar-refractivity contribution in [1.82, 2.24) is 15.1 Å². The molecule has 0 aliphatic carbocycles. The molecule has 0 aromatic carbocycles. The van der Waals surface area contributed by atoms with E-state index in [4.69, 9.17) is 0 Å². The van der Waals surface area contributed by atoms with Crippen LogP contribution in [0.5, 0.6) is 0 Å². The summed E-state index contributed by atoms with van der Waals surface area (Å²) in [5.41, 5.74) is 1.89. The van der Waals surface area contributed by atoms with Crippen molar-refractivity contribution in [2.45, 2.75) is 46.7 Å². The monoisotopic (exact) mass is 287 g/mol. The molecule has 1 atom stereocenters. The molecule has 5 heteroatoms. The third-order valence-electron chi connectivity index (χ3n) is 2.61. The number of carbonyl (C=O) groups is 1. The number of halogens is 1. The van der Waals surface area contributed by atoms with Crippen LogP contribution < -0.4 is 5.32 Å². The minimum atomic E-state index is 0.00690. The van der Waals surface area contributed by atoms with Crippen LogP contribution in [-0.2, 0) is 11.3 Å². The molecule has 0 spiro atoms. The largest absolute Gasteiger partial charge is 0.352 e. The molecule has 1 unspecified atom stereocenters. The molecule has 0 aliphatic heterocycles. The fourth-order valence-electron chi connectivity index (χ4n) is 1.39.